The average molecular weight is 556 g/mol. The van der Waals surface area contributed by atoms with Crippen molar-refractivity contribution in [1.29, 1.82) is 0 Å². The molecular weight excluding hydrogens is 527 g/mol. The lowest BCUT2D eigenvalue weighted by Gasteiger charge is -2.26. The summed E-state index contributed by atoms with van der Waals surface area (Å²) >= 11 is 0. The molecule has 1 fully saturated rings. The molecule has 1 N–H and O–H groups in total. The summed E-state index contributed by atoms with van der Waals surface area (Å²) in [6.45, 7) is 5.32. The molecule has 1 aromatic carbocycles. The molecule has 0 radical (unpaired) electrons. The molecule has 31 heavy (non-hydrogen) atoms. The van der Waals surface area contributed by atoms with Gasteiger partial charge in [-0.3, -0.25) is 9.89 Å². The van der Waals surface area contributed by atoms with Crippen molar-refractivity contribution in [3.63, 3.8) is 0 Å². The topological polar surface area (TPSA) is 44.0 Å². The van der Waals surface area contributed by atoms with Crippen LogP contribution in [-0.2, 0) is 6.54 Å². The highest BCUT2D eigenvalue weighted by atomic mass is 127. The maximum absolute atomic E-state index is 13.5. The smallest absolute Gasteiger partial charge is 0.401 e. The summed E-state index contributed by atoms with van der Waals surface area (Å²) in [6, 6.07) is 4.43. The SMILES string of the molecule is CCN(CC1CCN(C(=NC)NCc2oc3ccc(F)cc3c2C)C1)CC(F)(F)F.I. The van der Waals surface area contributed by atoms with Crippen LogP contribution in [0.25, 0.3) is 11.0 Å². The number of guanidine groups is 1. The summed E-state index contributed by atoms with van der Waals surface area (Å²) in [5.74, 6) is 1.23. The monoisotopic (exact) mass is 556 g/mol. The predicted molar refractivity (Wildman–Crippen MR) is 124 cm³/mol. The Morgan fingerprint density at radius 1 is 1.35 bits per heavy atom. The van der Waals surface area contributed by atoms with Crippen molar-refractivity contribution in [3.05, 3.63) is 35.3 Å². The van der Waals surface area contributed by atoms with Crippen molar-refractivity contribution < 1.29 is 22.0 Å². The Labute approximate surface area is 196 Å². The number of nitrogens with one attached hydrogen (secondary N) is 1. The minimum Gasteiger partial charge on any atom is -0.459 e. The molecule has 1 unspecified atom stereocenters. The number of aryl methyl sites for hydroxylation is 1. The lowest BCUT2D eigenvalue weighted by molar-refractivity contribution is -0.146. The molecule has 1 atom stereocenters. The minimum absolute atomic E-state index is 0. The van der Waals surface area contributed by atoms with Crippen LogP contribution in [0.5, 0.6) is 0 Å². The Bertz CT molecular complexity index is 899. The molecule has 0 spiro atoms. The normalized spacial score (nSPS) is 17.5. The number of rotatable bonds is 6. The van der Waals surface area contributed by atoms with Crippen molar-refractivity contribution in [2.45, 2.75) is 33.0 Å². The standard InChI is InChI=1S/C21H28F4N4O.HI/c1-4-28(13-21(23,24)25)11-15-7-8-29(12-15)20(26-3)27-10-19-14(2)17-9-16(22)5-6-18(17)30-19;/h5-6,9,15H,4,7-8,10-13H2,1-3H3,(H,26,27);1H. The summed E-state index contributed by atoms with van der Waals surface area (Å²) in [4.78, 5) is 7.82. The Hall–Kier alpha value is -1.56. The van der Waals surface area contributed by atoms with Crippen LogP contribution in [0.15, 0.2) is 27.6 Å². The number of halogens is 5. The number of aliphatic imine (C=N–C) groups is 1. The molecule has 1 saturated heterocycles. The third-order valence-corrected chi connectivity index (χ3v) is 5.57. The van der Waals surface area contributed by atoms with Crippen LogP contribution in [0.3, 0.4) is 0 Å². The van der Waals surface area contributed by atoms with Gasteiger partial charge in [0.2, 0.25) is 0 Å². The van der Waals surface area contributed by atoms with Crippen LogP contribution < -0.4 is 5.32 Å². The van der Waals surface area contributed by atoms with Crippen molar-refractivity contribution in [1.82, 2.24) is 15.1 Å². The van der Waals surface area contributed by atoms with E-state index in [9.17, 15) is 17.6 Å². The first kappa shape index (κ1) is 25.7. The zero-order valence-corrected chi connectivity index (χ0v) is 20.3. The van der Waals surface area contributed by atoms with Gasteiger partial charge in [0.1, 0.15) is 17.2 Å². The molecule has 10 heteroatoms. The van der Waals surface area contributed by atoms with Crippen molar-refractivity contribution >= 4 is 40.9 Å². The summed E-state index contributed by atoms with van der Waals surface area (Å²) in [5.41, 5.74) is 1.50. The second kappa shape index (κ2) is 10.8. The third kappa shape index (κ3) is 6.71. The first-order valence-corrected chi connectivity index (χ1v) is 10.1. The highest BCUT2D eigenvalue weighted by Crippen LogP contribution is 2.26. The van der Waals surface area contributed by atoms with Gasteiger partial charge >= 0.3 is 6.18 Å². The largest absolute Gasteiger partial charge is 0.459 e. The Morgan fingerprint density at radius 2 is 2.10 bits per heavy atom. The number of hydrogen-bond acceptors (Lipinski definition) is 3. The van der Waals surface area contributed by atoms with Gasteiger partial charge in [0.05, 0.1) is 13.1 Å². The fraction of sp³-hybridized carbons (Fsp3) is 0.571. The summed E-state index contributed by atoms with van der Waals surface area (Å²) in [7, 11) is 1.68. The van der Waals surface area contributed by atoms with E-state index in [-0.39, 0.29) is 35.7 Å². The van der Waals surface area contributed by atoms with Gasteiger partial charge in [-0.1, -0.05) is 6.92 Å². The number of benzene rings is 1. The Morgan fingerprint density at radius 3 is 2.74 bits per heavy atom. The molecule has 2 aromatic rings. The highest BCUT2D eigenvalue weighted by Gasteiger charge is 2.33. The molecule has 0 aliphatic carbocycles. The van der Waals surface area contributed by atoms with Crippen LogP contribution in [-0.4, -0.2) is 61.7 Å². The molecule has 0 saturated carbocycles. The van der Waals surface area contributed by atoms with E-state index < -0.39 is 12.7 Å². The molecule has 0 amide bonds. The van der Waals surface area contributed by atoms with E-state index in [2.05, 4.69) is 15.2 Å². The number of furan rings is 1. The van der Waals surface area contributed by atoms with E-state index in [1.165, 1.54) is 17.0 Å². The zero-order valence-electron chi connectivity index (χ0n) is 17.9. The van der Waals surface area contributed by atoms with Crippen LogP contribution >= 0.6 is 24.0 Å². The quantitative estimate of drug-likeness (QED) is 0.241. The molecule has 174 valence electrons. The van der Waals surface area contributed by atoms with Gasteiger partial charge in [0.15, 0.2) is 5.96 Å². The molecule has 1 aliphatic heterocycles. The lowest BCUT2D eigenvalue weighted by atomic mass is 10.1. The summed E-state index contributed by atoms with van der Waals surface area (Å²) in [5, 5.41) is 4.01. The van der Waals surface area contributed by atoms with Crippen molar-refractivity contribution in [2.75, 3.05) is 39.8 Å². The first-order chi connectivity index (χ1) is 14.2. The molecule has 3 rings (SSSR count). The number of nitrogens with zero attached hydrogens (tertiary/aromatic N) is 3. The number of hydrogen-bond donors (Lipinski definition) is 1. The maximum Gasteiger partial charge on any atom is 0.401 e. The second-order valence-corrected chi connectivity index (χ2v) is 7.74. The fourth-order valence-corrected chi connectivity index (χ4v) is 4.00. The first-order valence-electron chi connectivity index (χ1n) is 10.1. The number of alkyl halides is 3. The van der Waals surface area contributed by atoms with E-state index in [1.54, 1.807) is 20.0 Å². The van der Waals surface area contributed by atoms with Crippen molar-refractivity contribution in [2.24, 2.45) is 10.9 Å². The number of fused-ring (bicyclic) bond motifs is 1. The van der Waals surface area contributed by atoms with Gasteiger partial charge in [-0.15, -0.1) is 24.0 Å². The predicted octanol–water partition coefficient (Wildman–Crippen LogP) is 4.78. The van der Waals surface area contributed by atoms with Gasteiger partial charge in [-0.2, -0.15) is 13.2 Å². The fourth-order valence-electron chi connectivity index (χ4n) is 4.00. The molecule has 1 aliphatic rings. The van der Waals surface area contributed by atoms with Gasteiger partial charge in [0.25, 0.3) is 0 Å². The van der Waals surface area contributed by atoms with Gasteiger partial charge in [-0.25, -0.2) is 4.39 Å². The molecule has 5 nitrogen and oxygen atoms in total. The van der Waals surface area contributed by atoms with Crippen LogP contribution in [0, 0.1) is 18.7 Å². The number of likely N-dealkylation sites (tertiary alicyclic amines) is 1. The van der Waals surface area contributed by atoms with Crippen LogP contribution in [0.4, 0.5) is 17.6 Å². The summed E-state index contributed by atoms with van der Waals surface area (Å²) < 4.78 is 57.4. The van der Waals surface area contributed by atoms with E-state index in [0.717, 1.165) is 23.9 Å². The molecule has 2 heterocycles. The van der Waals surface area contributed by atoms with Gasteiger partial charge in [-0.05, 0) is 44.0 Å². The van der Waals surface area contributed by atoms with Gasteiger partial charge in [0, 0.05) is 37.6 Å². The maximum atomic E-state index is 13.5. The third-order valence-electron chi connectivity index (χ3n) is 5.57. The molecule has 0 bridgehead atoms. The molecular formula is C21H29F4IN4O. The highest BCUT2D eigenvalue weighted by molar-refractivity contribution is 14.0. The zero-order chi connectivity index (χ0) is 21.9. The lowest BCUT2D eigenvalue weighted by Crippen LogP contribution is -2.41. The second-order valence-electron chi connectivity index (χ2n) is 7.74. The van der Waals surface area contributed by atoms with E-state index >= 15 is 0 Å². The minimum atomic E-state index is -4.18. The van der Waals surface area contributed by atoms with Gasteiger partial charge < -0.3 is 14.6 Å². The summed E-state index contributed by atoms with van der Waals surface area (Å²) in [6.07, 6.45) is -3.36. The Balaban J connectivity index is 0.00000341. The van der Waals surface area contributed by atoms with Crippen molar-refractivity contribution in [3.8, 4) is 0 Å². The molecule has 1 aromatic heterocycles. The van der Waals surface area contributed by atoms with Crippen LogP contribution in [0.1, 0.15) is 24.7 Å². The van der Waals surface area contributed by atoms with Crippen LogP contribution in [0.2, 0.25) is 0 Å². The van der Waals surface area contributed by atoms with E-state index in [4.69, 9.17) is 4.42 Å². The van der Waals surface area contributed by atoms with E-state index in [0.29, 0.717) is 43.5 Å². The Kier molecular flexibility index (Phi) is 8.99. The average Bonchev–Trinajstić information content (AvgIpc) is 3.26. The van der Waals surface area contributed by atoms with E-state index in [1.807, 2.05) is 6.92 Å².